The van der Waals surface area contributed by atoms with Crippen LogP contribution in [0.15, 0.2) is 78.3 Å². The van der Waals surface area contributed by atoms with Crippen LogP contribution in [0.2, 0.25) is 0 Å². The zero-order chi connectivity index (χ0) is 21.4. The number of hydrogen-bond acceptors (Lipinski definition) is 4. The van der Waals surface area contributed by atoms with Crippen LogP contribution in [-0.4, -0.2) is 21.8 Å². The minimum absolute atomic E-state index is 0.132. The molecule has 31 heavy (non-hydrogen) atoms. The number of hydrogen-bond donors (Lipinski definition) is 3. The fourth-order valence-corrected chi connectivity index (χ4v) is 4.71. The lowest BCUT2D eigenvalue weighted by Crippen LogP contribution is -1.91. The van der Waals surface area contributed by atoms with Crippen molar-refractivity contribution in [1.82, 2.24) is 4.98 Å². The van der Waals surface area contributed by atoms with Crippen molar-refractivity contribution in [3.05, 3.63) is 78.3 Å². The molecule has 0 aliphatic rings. The number of aromatic nitrogens is 1. The molecule has 5 heteroatoms. The van der Waals surface area contributed by atoms with Gasteiger partial charge < -0.3 is 19.9 Å². The molecule has 2 heterocycles. The second kappa shape index (κ2) is 7.85. The summed E-state index contributed by atoms with van der Waals surface area (Å²) in [5, 5.41) is 24.1. The third-order valence-electron chi connectivity index (χ3n) is 5.37. The zero-order valence-electron chi connectivity index (χ0n) is 16.9. The largest absolute Gasteiger partial charge is 0.504 e. The lowest BCUT2D eigenvalue weighted by Gasteiger charge is -2.13. The summed E-state index contributed by atoms with van der Waals surface area (Å²) in [6, 6.07) is 21.5. The molecular weight excluding hydrogens is 406 g/mol. The summed E-state index contributed by atoms with van der Waals surface area (Å²) >= 11 is 1.67. The number of fused-ring (bicyclic) bond motifs is 1. The standard InChI is InChI=1S/C26H21NO3S/c1-2-30-18-9-10-19-16(13-18)5-3-6-20(19)25-21(17-8-11-22(28)23(29)14-17)15-27-26(25)24-7-4-12-31-24/h3-15,27-29H,2H2,1H3. The highest BCUT2D eigenvalue weighted by Crippen LogP contribution is 2.45. The number of rotatable bonds is 5. The molecule has 5 aromatic rings. The molecule has 0 spiro atoms. The van der Waals surface area contributed by atoms with Gasteiger partial charge in [0.1, 0.15) is 5.75 Å². The lowest BCUT2D eigenvalue weighted by molar-refractivity contribution is 0.341. The van der Waals surface area contributed by atoms with E-state index in [9.17, 15) is 10.2 Å². The van der Waals surface area contributed by atoms with Gasteiger partial charge in [-0.15, -0.1) is 11.3 Å². The highest BCUT2D eigenvalue weighted by molar-refractivity contribution is 7.13. The molecule has 0 amide bonds. The monoisotopic (exact) mass is 427 g/mol. The van der Waals surface area contributed by atoms with Crippen molar-refractivity contribution >= 4 is 22.1 Å². The van der Waals surface area contributed by atoms with Crippen LogP contribution in [0.25, 0.3) is 43.6 Å². The van der Waals surface area contributed by atoms with Gasteiger partial charge in [-0.25, -0.2) is 0 Å². The summed E-state index contributed by atoms with van der Waals surface area (Å²) in [4.78, 5) is 4.58. The Morgan fingerprint density at radius 1 is 0.903 bits per heavy atom. The van der Waals surface area contributed by atoms with Gasteiger partial charge in [0.25, 0.3) is 0 Å². The molecule has 0 bridgehead atoms. The van der Waals surface area contributed by atoms with Crippen molar-refractivity contribution < 1.29 is 14.9 Å². The average molecular weight is 428 g/mol. The molecule has 0 aliphatic heterocycles. The number of phenolic OH excluding ortho intramolecular Hbond substituents is 2. The third-order valence-corrected chi connectivity index (χ3v) is 6.25. The Hall–Kier alpha value is -3.70. The first kappa shape index (κ1) is 19.3. The molecular formula is C26H21NO3S. The fraction of sp³-hybridized carbons (Fsp3) is 0.0769. The first-order valence-corrected chi connectivity index (χ1v) is 11.0. The first-order chi connectivity index (χ1) is 15.2. The summed E-state index contributed by atoms with van der Waals surface area (Å²) in [5.74, 6) is 0.581. The van der Waals surface area contributed by atoms with Crippen LogP contribution >= 0.6 is 11.3 Å². The van der Waals surface area contributed by atoms with Crippen molar-refractivity contribution in [2.45, 2.75) is 6.92 Å². The Kier molecular flexibility index (Phi) is 4.88. The molecule has 154 valence electrons. The Labute approximate surface area is 184 Å². The summed E-state index contributed by atoms with van der Waals surface area (Å²) in [6.45, 7) is 2.60. The average Bonchev–Trinajstić information content (AvgIpc) is 3.45. The van der Waals surface area contributed by atoms with Crippen molar-refractivity contribution in [2.24, 2.45) is 0 Å². The van der Waals surface area contributed by atoms with Gasteiger partial charge in [-0.2, -0.15) is 0 Å². The molecule has 0 unspecified atom stereocenters. The lowest BCUT2D eigenvalue weighted by atomic mass is 9.92. The van der Waals surface area contributed by atoms with E-state index in [1.807, 2.05) is 31.3 Å². The molecule has 0 atom stereocenters. The zero-order valence-corrected chi connectivity index (χ0v) is 17.7. The maximum absolute atomic E-state index is 10.1. The van der Waals surface area contributed by atoms with Gasteiger partial charge in [-0.1, -0.05) is 36.4 Å². The van der Waals surface area contributed by atoms with Gasteiger partial charge in [0.05, 0.1) is 17.2 Å². The minimum Gasteiger partial charge on any atom is -0.504 e. The SMILES string of the molecule is CCOc1ccc2c(-c3c(-c4ccc(O)c(O)c4)c[nH]c3-c3cccs3)cccc2c1. The van der Waals surface area contributed by atoms with Crippen molar-refractivity contribution in [3.8, 4) is 50.1 Å². The molecule has 3 aromatic carbocycles. The molecule has 4 nitrogen and oxygen atoms in total. The van der Waals surface area contributed by atoms with Crippen LogP contribution < -0.4 is 4.74 Å². The number of H-pyrrole nitrogens is 1. The minimum atomic E-state index is -0.137. The summed E-state index contributed by atoms with van der Waals surface area (Å²) < 4.78 is 5.69. The number of benzene rings is 3. The van der Waals surface area contributed by atoms with Gasteiger partial charge in [0.2, 0.25) is 0 Å². The van der Waals surface area contributed by atoms with Crippen LogP contribution in [0, 0.1) is 0 Å². The molecule has 0 radical (unpaired) electrons. The quantitative estimate of drug-likeness (QED) is 0.264. The number of phenols is 2. The molecule has 0 fully saturated rings. The van der Waals surface area contributed by atoms with Gasteiger partial charge in [-0.05, 0) is 64.5 Å². The van der Waals surface area contributed by atoms with E-state index < -0.39 is 0 Å². The second-order valence-corrected chi connectivity index (χ2v) is 8.20. The normalized spacial score (nSPS) is 11.1. The number of aromatic hydroxyl groups is 2. The van der Waals surface area contributed by atoms with Crippen LogP contribution in [0.1, 0.15) is 6.92 Å². The maximum Gasteiger partial charge on any atom is 0.158 e. The predicted octanol–water partition coefficient (Wildman–Crippen LogP) is 7.04. The van der Waals surface area contributed by atoms with E-state index in [1.54, 1.807) is 17.4 Å². The van der Waals surface area contributed by atoms with E-state index in [1.165, 1.54) is 6.07 Å². The van der Waals surface area contributed by atoms with Crippen molar-refractivity contribution in [3.63, 3.8) is 0 Å². The first-order valence-electron chi connectivity index (χ1n) is 10.1. The summed E-state index contributed by atoms with van der Waals surface area (Å²) in [5.41, 5.74) is 4.96. The second-order valence-electron chi connectivity index (χ2n) is 7.25. The van der Waals surface area contributed by atoms with E-state index in [-0.39, 0.29) is 11.5 Å². The van der Waals surface area contributed by atoms with E-state index in [2.05, 4.69) is 46.8 Å². The van der Waals surface area contributed by atoms with Crippen molar-refractivity contribution in [2.75, 3.05) is 6.61 Å². The molecule has 0 aliphatic carbocycles. The van der Waals surface area contributed by atoms with Gasteiger partial charge in [0.15, 0.2) is 11.5 Å². The van der Waals surface area contributed by atoms with E-state index in [0.717, 1.165) is 49.3 Å². The molecule has 0 saturated heterocycles. The van der Waals surface area contributed by atoms with Gasteiger partial charge in [0, 0.05) is 17.3 Å². The van der Waals surface area contributed by atoms with Crippen molar-refractivity contribution in [1.29, 1.82) is 0 Å². The topological polar surface area (TPSA) is 65.5 Å². The molecule has 3 N–H and O–H groups in total. The fourth-order valence-electron chi connectivity index (χ4n) is 3.97. The van der Waals surface area contributed by atoms with E-state index >= 15 is 0 Å². The van der Waals surface area contributed by atoms with Crippen LogP contribution in [0.5, 0.6) is 17.2 Å². The smallest absolute Gasteiger partial charge is 0.158 e. The highest BCUT2D eigenvalue weighted by Gasteiger charge is 2.19. The molecule has 0 saturated carbocycles. The van der Waals surface area contributed by atoms with Gasteiger partial charge in [-0.3, -0.25) is 0 Å². The number of nitrogens with one attached hydrogen (secondary N) is 1. The van der Waals surface area contributed by atoms with Crippen LogP contribution in [-0.2, 0) is 0 Å². The Bertz CT molecular complexity index is 1370. The Morgan fingerprint density at radius 3 is 2.58 bits per heavy atom. The summed E-state index contributed by atoms with van der Waals surface area (Å²) in [7, 11) is 0. The molecule has 2 aromatic heterocycles. The summed E-state index contributed by atoms with van der Waals surface area (Å²) in [6.07, 6.45) is 1.96. The Morgan fingerprint density at radius 2 is 1.81 bits per heavy atom. The number of aromatic amines is 1. The van der Waals surface area contributed by atoms with Crippen LogP contribution in [0.3, 0.4) is 0 Å². The predicted molar refractivity (Wildman–Crippen MR) is 127 cm³/mol. The van der Waals surface area contributed by atoms with Gasteiger partial charge >= 0.3 is 0 Å². The van der Waals surface area contributed by atoms with E-state index in [0.29, 0.717) is 6.61 Å². The Balaban J connectivity index is 1.78. The molecule has 5 rings (SSSR count). The third kappa shape index (κ3) is 3.43. The highest BCUT2D eigenvalue weighted by atomic mass is 32.1. The number of thiophene rings is 1. The van der Waals surface area contributed by atoms with Crippen LogP contribution in [0.4, 0.5) is 0 Å². The van der Waals surface area contributed by atoms with E-state index in [4.69, 9.17) is 4.74 Å². The number of ether oxygens (including phenoxy) is 1. The maximum atomic E-state index is 10.1.